The van der Waals surface area contributed by atoms with Gasteiger partial charge in [0.1, 0.15) is 0 Å². The van der Waals surface area contributed by atoms with Gasteiger partial charge in [0.25, 0.3) is 0 Å². The molecule has 1 aliphatic rings. The fourth-order valence-corrected chi connectivity index (χ4v) is 2.46. The van der Waals surface area contributed by atoms with Crippen molar-refractivity contribution in [2.45, 2.75) is 6.42 Å². The van der Waals surface area contributed by atoms with Crippen molar-refractivity contribution in [3.05, 3.63) is 0 Å². The summed E-state index contributed by atoms with van der Waals surface area (Å²) in [6.07, 6.45) is 1.88. The highest BCUT2D eigenvalue weighted by Gasteiger charge is 2.22. The first-order valence-corrected chi connectivity index (χ1v) is 6.72. The summed E-state index contributed by atoms with van der Waals surface area (Å²) in [6.45, 7) is 1.93. The maximum absolute atomic E-state index is 11.3. The molecular formula is C8H17N3O3S. The van der Waals surface area contributed by atoms with Crippen LogP contribution in [0.15, 0.2) is 0 Å². The van der Waals surface area contributed by atoms with Crippen molar-refractivity contribution in [1.82, 2.24) is 14.5 Å². The van der Waals surface area contributed by atoms with E-state index in [4.69, 9.17) is 0 Å². The first-order chi connectivity index (χ1) is 6.95. The van der Waals surface area contributed by atoms with E-state index in [0.29, 0.717) is 32.6 Å². The van der Waals surface area contributed by atoms with Crippen LogP contribution in [-0.4, -0.2) is 63.1 Å². The number of nitrogens with zero attached hydrogens (tertiary/aromatic N) is 2. The number of urea groups is 1. The molecule has 0 spiro atoms. The Morgan fingerprint density at radius 3 is 2.40 bits per heavy atom. The zero-order valence-corrected chi connectivity index (χ0v) is 9.88. The van der Waals surface area contributed by atoms with Gasteiger partial charge in [0.05, 0.1) is 6.26 Å². The zero-order valence-electron chi connectivity index (χ0n) is 9.06. The predicted molar refractivity (Wildman–Crippen MR) is 57.1 cm³/mol. The molecule has 15 heavy (non-hydrogen) atoms. The molecule has 0 aromatic rings. The Kier molecular flexibility index (Phi) is 3.92. The molecule has 0 atom stereocenters. The fourth-order valence-electron chi connectivity index (χ4n) is 1.59. The average molecular weight is 235 g/mol. The van der Waals surface area contributed by atoms with Crippen molar-refractivity contribution in [3.63, 3.8) is 0 Å². The molecule has 7 heteroatoms. The molecule has 2 amide bonds. The zero-order chi connectivity index (χ0) is 11.5. The molecule has 0 radical (unpaired) electrons. The van der Waals surface area contributed by atoms with Gasteiger partial charge >= 0.3 is 6.03 Å². The van der Waals surface area contributed by atoms with Crippen molar-refractivity contribution >= 4 is 16.1 Å². The number of nitrogens with one attached hydrogen (secondary N) is 1. The number of sulfonamides is 1. The monoisotopic (exact) mass is 235 g/mol. The number of hydrogen-bond donors (Lipinski definition) is 1. The lowest BCUT2D eigenvalue weighted by Gasteiger charge is -2.20. The minimum Gasteiger partial charge on any atom is -0.341 e. The van der Waals surface area contributed by atoms with Crippen molar-refractivity contribution in [2.75, 3.05) is 39.5 Å². The SMILES string of the molecule is CNC(=O)N1CCCN(S(C)(=O)=O)CC1. The molecule has 88 valence electrons. The van der Waals surface area contributed by atoms with E-state index in [0.717, 1.165) is 0 Å². The van der Waals surface area contributed by atoms with Gasteiger partial charge in [0, 0.05) is 33.2 Å². The van der Waals surface area contributed by atoms with Gasteiger partial charge in [-0.05, 0) is 6.42 Å². The highest BCUT2D eigenvalue weighted by molar-refractivity contribution is 7.88. The summed E-state index contributed by atoms with van der Waals surface area (Å²) in [5.41, 5.74) is 0. The minimum absolute atomic E-state index is 0.148. The molecular weight excluding hydrogens is 218 g/mol. The summed E-state index contributed by atoms with van der Waals surface area (Å²) in [6, 6.07) is -0.148. The summed E-state index contributed by atoms with van der Waals surface area (Å²) in [5, 5.41) is 2.54. The largest absolute Gasteiger partial charge is 0.341 e. The van der Waals surface area contributed by atoms with E-state index in [1.165, 1.54) is 10.6 Å². The topological polar surface area (TPSA) is 69.7 Å². The molecule has 0 bridgehead atoms. The second-order valence-corrected chi connectivity index (χ2v) is 5.54. The number of rotatable bonds is 1. The van der Waals surface area contributed by atoms with E-state index in [1.54, 1.807) is 11.9 Å². The number of amides is 2. The second-order valence-electron chi connectivity index (χ2n) is 3.56. The van der Waals surface area contributed by atoms with E-state index >= 15 is 0 Å². The smallest absolute Gasteiger partial charge is 0.317 e. The Bertz CT molecular complexity index is 328. The van der Waals surface area contributed by atoms with Crippen LogP contribution >= 0.6 is 0 Å². The Balaban J connectivity index is 2.60. The molecule has 6 nitrogen and oxygen atoms in total. The Hall–Kier alpha value is -0.820. The highest BCUT2D eigenvalue weighted by atomic mass is 32.2. The Morgan fingerprint density at radius 2 is 1.87 bits per heavy atom. The Labute approximate surface area is 90.3 Å². The summed E-state index contributed by atoms with van der Waals surface area (Å²) in [5.74, 6) is 0. The summed E-state index contributed by atoms with van der Waals surface area (Å²) in [7, 11) is -1.56. The summed E-state index contributed by atoms with van der Waals surface area (Å²) >= 11 is 0. The molecule has 0 aromatic carbocycles. The lowest BCUT2D eigenvalue weighted by Crippen LogP contribution is -2.41. The lowest BCUT2D eigenvalue weighted by molar-refractivity contribution is 0.203. The van der Waals surface area contributed by atoms with Gasteiger partial charge in [-0.25, -0.2) is 17.5 Å². The first kappa shape index (κ1) is 12.3. The van der Waals surface area contributed by atoms with E-state index in [-0.39, 0.29) is 6.03 Å². The first-order valence-electron chi connectivity index (χ1n) is 4.87. The van der Waals surface area contributed by atoms with Gasteiger partial charge in [-0.1, -0.05) is 0 Å². The molecule has 0 saturated carbocycles. The fraction of sp³-hybridized carbons (Fsp3) is 0.875. The van der Waals surface area contributed by atoms with E-state index in [9.17, 15) is 13.2 Å². The third-order valence-electron chi connectivity index (χ3n) is 2.42. The van der Waals surface area contributed by atoms with Gasteiger partial charge in [-0.15, -0.1) is 0 Å². The van der Waals surface area contributed by atoms with Crippen LogP contribution in [0.5, 0.6) is 0 Å². The Morgan fingerprint density at radius 1 is 1.20 bits per heavy atom. The molecule has 0 unspecified atom stereocenters. The number of carbonyl (C=O) groups excluding carboxylic acids is 1. The van der Waals surface area contributed by atoms with Crippen LogP contribution in [0.2, 0.25) is 0 Å². The quantitative estimate of drug-likeness (QED) is 0.653. The highest BCUT2D eigenvalue weighted by Crippen LogP contribution is 2.06. The number of carbonyl (C=O) groups is 1. The van der Waals surface area contributed by atoms with Crippen molar-refractivity contribution in [3.8, 4) is 0 Å². The molecule has 1 aliphatic heterocycles. The summed E-state index contributed by atoms with van der Waals surface area (Å²) in [4.78, 5) is 13.0. The van der Waals surface area contributed by atoms with Crippen LogP contribution in [0.4, 0.5) is 4.79 Å². The standard InChI is InChI=1S/C8H17N3O3S/c1-9-8(12)10-4-3-5-11(7-6-10)15(2,13)14/h3-7H2,1-2H3,(H,9,12). The molecule has 1 fully saturated rings. The van der Waals surface area contributed by atoms with Gasteiger partial charge in [0.2, 0.25) is 10.0 Å². The lowest BCUT2D eigenvalue weighted by atomic mass is 10.4. The van der Waals surface area contributed by atoms with Gasteiger partial charge in [-0.3, -0.25) is 0 Å². The third kappa shape index (κ3) is 3.35. The maximum Gasteiger partial charge on any atom is 0.317 e. The molecule has 1 rings (SSSR count). The van der Waals surface area contributed by atoms with E-state index in [1.807, 2.05) is 0 Å². The molecule has 0 aliphatic carbocycles. The van der Waals surface area contributed by atoms with Gasteiger partial charge < -0.3 is 10.2 Å². The average Bonchev–Trinajstić information content (AvgIpc) is 2.40. The minimum atomic E-state index is -3.13. The predicted octanol–water partition coefficient (Wildman–Crippen LogP) is -0.707. The van der Waals surface area contributed by atoms with Crippen molar-refractivity contribution in [1.29, 1.82) is 0 Å². The van der Waals surface area contributed by atoms with Crippen LogP contribution in [0.3, 0.4) is 0 Å². The van der Waals surface area contributed by atoms with Crippen LogP contribution < -0.4 is 5.32 Å². The molecule has 1 heterocycles. The number of hydrogen-bond acceptors (Lipinski definition) is 3. The normalized spacial score (nSPS) is 19.7. The van der Waals surface area contributed by atoms with E-state index < -0.39 is 10.0 Å². The van der Waals surface area contributed by atoms with Crippen LogP contribution in [-0.2, 0) is 10.0 Å². The molecule has 0 aromatic heterocycles. The maximum atomic E-state index is 11.3. The third-order valence-corrected chi connectivity index (χ3v) is 3.73. The van der Waals surface area contributed by atoms with E-state index in [2.05, 4.69) is 5.32 Å². The van der Waals surface area contributed by atoms with Gasteiger partial charge in [0.15, 0.2) is 0 Å². The van der Waals surface area contributed by atoms with Crippen molar-refractivity contribution < 1.29 is 13.2 Å². The van der Waals surface area contributed by atoms with Crippen LogP contribution in [0, 0.1) is 0 Å². The second kappa shape index (κ2) is 4.80. The molecule has 1 N–H and O–H groups in total. The summed E-state index contributed by atoms with van der Waals surface area (Å²) < 4.78 is 24.0. The van der Waals surface area contributed by atoms with Crippen LogP contribution in [0.1, 0.15) is 6.42 Å². The van der Waals surface area contributed by atoms with Crippen molar-refractivity contribution in [2.24, 2.45) is 0 Å². The van der Waals surface area contributed by atoms with Crippen LogP contribution in [0.25, 0.3) is 0 Å². The van der Waals surface area contributed by atoms with Gasteiger partial charge in [-0.2, -0.15) is 0 Å². The molecule has 1 saturated heterocycles.